The predicted molar refractivity (Wildman–Crippen MR) is 95.6 cm³/mol. The smallest absolute Gasteiger partial charge is 0.305 e. The Labute approximate surface area is 141 Å². The summed E-state index contributed by atoms with van der Waals surface area (Å²) in [6.07, 6.45) is 7.35. The summed E-state index contributed by atoms with van der Waals surface area (Å²) in [5, 5.41) is 3.47. The number of unbranched alkanes of at least 4 members (excludes halogenated alkanes) is 2. The van der Waals surface area contributed by atoms with Gasteiger partial charge in [0.25, 0.3) is 0 Å². The van der Waals surface area contributed by atoms with E-state index in [1.165, 1.54) is 26.4 Å². The van der Waals surface area contributed by atoms with Crippen molar-refractivity contribution in [1.82, 2.24) is 10.2 Å². The first kappa shape index (κ1) is 19.8. The zero-order valence-electron chi connectivity index (χ0n) is 15.4. The van der Waals surface area contributed by atoms with Gasteiger partial charge in [0.15, 0.2) is 5.96 Å². The maximum atomic E-state index is 11.0. The van der Waals surface area contributed by atoms with Gasteiger partial charge in [0.1, 0.15) is 0 Å². The van der Waals surface area contributed by atoms with E-state index in [1.54, 1.807) is 0 Å². The minimum Gasteiger partial charge on any atom is -0.469 e. The lowest BCUT2D eigenvalue weighted by Gasteiger charge is -2.24. The number of aliphatic imine (C=N–C) groups is 1. The Kier molecular flexibility index (Phi) is 9.72. The van der Waals surface area contributed by atoms with Crippen LogP contribution in [0, 0.1) is 11.8 Å². The van der Waals surface area contributed by atoms with Gasteiger partial charge in [-0.25, -0.2) is 0 Å². The lowest BCUT2D eigenvalue weighted by atomic mass is 9.87. The van der Waals surface area contributed by atoms with Gasteiger partial charge < -0.3 is 15.0 Å². The molecule has 1 fully saturated rings. The lowest BCUT2D eigenvalue weighted by Crippen LogP contribution is -2.40. The molecule has 5 heteroatoms. The summed E-state index contributed by atoms with van der Waals surface area (Å²) in [5.74, 6) is 2.57. The molecule has 0 aromatic heterocycles. The minimum absolute atomic E-state index is 0.113. The molecule has 5 nitrogen and oxygen atoms in total. The number of guanidine groups is 1. The van der Waals surface area contributed by atoms with Gasteiger partial charge in [-0.05, 0) is 31.1 Å². The van der Waals surface area contributed by atoms with Crippen molar-refractivity contribution in [3.8, 4) is 0 Å². The number of nitrogens with zero attached hydrogens (tertiary/aromatic N) is 2. The average Bonchev–Trinajstić information content (AvgIpc) is 3.04. The van der Waals surface area contributed by atoms with Crippen LogP contribution in [-0.4, -0.2) is 50.6 Å². The highest BCUT2D eigenvalue weighted by molar-refractivity contribution is 5.80. The van der Waals surface area contributed by atoms with E-state index in [1.807, 2.05) is 7.05 Å². The van der Waals surface area contributed by atoms with Crippen LogP contribution in [0.3, 0.4) is 0 Å². The Balaban J connectivity index is 2.24. The largest absolute Gasteiger partial charge is 0.469 e. The molecular formula is C18H35N3O2. The van der Waals surface area contributed by atoms with Crippen LogP contribution < -0.4 is 5.32 Å². The van der Waals surface area contributed by atoms with Crippen LogP contribution in [0.15, 0.2) is 4.99 Å². The summed E-state index contributed by atoms with van der Waals surface area (Å²) in [6, 6.07) is 0. The minimum atomic E-state index is -0.113. The van der Waals surface area contributed by atoms with Gasteiger partial charge in [0, 0.05) is 33.1 Å². The van der Waals surface area contributed by atoms with Crippen LogP contribution in [0.25, 0.3) is 0 Å². The fourth-order valence-electron chi connectivity index (χ4n) is 3.53. The number of nitrogens with one attached hydrogen (secondary N) is 1. The molecule has 0 bridgehead atoms. The number of hydrogen-bond donors (Lipinski definition) is 1. The summed E-state index contributed by atoms with van der Waals surface area (Å²) in [4.78, 5) is 17.9. The molecule has 0 spiro atoms. The Bertz CT molecular complexity index is 367. The second kappa shape index (κ2) is 11.3. The van der Waals surface area contributed by atoms with Gasteiger partial charge in [-0.1, -0.05) is 33.1 Å². The normalized spacial score (nSPS) is 18.6. The lowest BCUT2D eigenvalue weighted by molar-refractivity contribution is -0.140. The van der Waals surface area contributed by atoms with Crippen molar-refractivity contribution in [1.29, 1.82) is 0 Å². The average molecular weight is 325 g/mol. The zero-order valence-corrected chi connectivity index (χ0v) is 15.4. The van der Waals surface area contributed by atoms with E-state index < -0.39 is 0 Å². The SMILES string of the molecule is CCC(CC)C1CCN(C(=NC)NCCCCCC(=O)OC)C1. The highest BCUT2D eigenvalue weighted by Gasteiger charge is 2.29. The summed E-state index contributed by atoms with van der Waals surface area (Å²) >= 11 is 0. The maximum Gasteiger partial charge on any atom is 0.305 e. The van der Waals surface area contributed by atoms with Crippen LogP contribution in [0.4, 0.5) is 0 Å². The topological polar surface area (TPSA) is 53.9 Å². The highest BCUT2D eigenvalue weighted by Crippen LogP contribution is 2.28. The fraction of sp³-hybridized carbons (Fsp3) is 0.889. The van der Waals surface area contributed by atoms with Gasteiger partial charge in [-0.2, -0.15) is 0 Å². The first-order valence-corrected chi connectivity index (χ1v) is 9.18. The molecule has 0 amide bonds. The number of hydrogen-bond acceptors (Lipinski definition) is 3. The monoisotopic (exact) mass is 325 g/mol. The molecule has 1 N–H and O–H groups in total. The molecule has 1 aliphatic rings. The molecule has 1 atom stereocenters. The van der Waals surface area contributed by atoms with Crippen LogP contribution in [0.5, 0.6) is 0 Å². The number of ether oxygens (including phenoxy) is 1. The Morgan fingerprint density at radius 3 is 2.65 bits per heavy atom. The van der Waals surface area contributed by atoms with Crippen molar-refractivity contribution >= 4 is 11.9 Å². The molecule has 1 heterocycles. The predicted octanol–water partition coefficient (Wildman–Crippen LogP) is 3.05. The molecule has 1 aliphatic heterocycles. The molecule has 1 unspecified atom stereocenters. The van der Waals surface area contributed by atoms with Crippen LogP contribution in [0.2, 0.25) is 0 Å². The third-order valence-electron chi connectivity index (χ3n) is 5.02. The molecule has 1 rings (SSSR count). The molecular weight excluding hydrogens is 290 g/mol. The Morgan fingerprint density at radius 1 is 1.30 bits per heavy atom. The van der Waals surface area contributed by atoms with Crippen molar-refractivity contribution < 1.29 is 9.53 Å². The molecule has 0 aliphatic carbocycles. The summed E-state index contributed by atoms with van der Waals surface area (Å²) in [7, 11) is 3.31. The van der Waals surface area contributed by atoms with Crippen molar-refractivity contribution in [2.45, 2.75) is 58.8 Å². The molecule has 134 valence electrons. The second-order valence-corrected chi connectivity index (χ2v) is 6.43. The molecule has 0 aromatic carbocycles. The molecule has 0 aromatic rings. The third kappa shape index (κ3) is 6.80. The number of esters is 1. The van der Waals surface area contributed by atoms with Crippen molar-refractivity contribution in [2.75, 3.05) is 33.8 Å². The van der Waals surface area contributed by atoms with Crippen LogP contribution in [-0.2, 0) is 9.53 Å². The van der Waals surface area contributed by atoms with Crippen molar-refractivity contribution in [3.05, 3.63) is 0 Å². The standard InChI is InChI=1S/C18H35N3O2/c1-5-15(6-2)16-11-13-21(14-16)18(19-3)20-12-9-7-8-10-17(22)23-4/h15-16H,5-14H2,1-4H3,(H,19,20). The van der Waals surface area contributed by atoms with Crippen LogP contribution >= 0.6 is 0 Å². The van der Waals surface area contributed by atoms with Crippen molar-refractivity contribution in [2.24, 2.45) is 16.8 Å². The Hall–Kier alpha value is -1.26. The molecule has 0 saturated carbocycles. The maximum absolute atomic E-state index is 11.0. The number of methoxy groups -OCH3 is 1. The number of rotatable bonds is 9. The first-order chi connectivity index (χ1) is 11.2. The summed E-state index contributed by atoms with van der Waals surface area (Å²) < 4.78 is 4.65. The first-order valence-electron chi connectivity index (χ1n) is 9.18. The van der Waals surface area contributed by atoms with Gasteiger partial charge in [0.2, 0.25) is 0 Å². The zero-order chi connectivity index (χ0) is 17.1. The third-order valence-corrected chi connectivity index (χ3v) is 5.02. The van der Waals surface area contributed by atoms with E-state index in [9.17, 15) is 4.79 Å². The van der Waals surface area contributed by atoms with Crippen molar-refractivity contribution in [3.63, 3.8) is 0 Å². The van der Waals surface area contributed by atoms with E-state index in [0.717, 1.165) is 56.7 Å². The number of likely N-dealkylation sites (tertiary alicyclic amines) is 1. The molecule has 0 radical (unpaired) electrons. The van der Waals surface area contributed by atoms with Crippen LogP contribution in [0.1, 0.15) is 58.8 Å². The van der Waals surface area contributed by atoms with E-state index in [2.05, 4.69) is 33.8 Å². The second-order valence-electron chi connectivity index (χ2n) is 6.43. The summed E-state index contributed by atoms with van der Waals surface area (Å²) in [6.45, 7) is 7.77. The number of carbonyl (C=O) groups excluding carboxylic acids is 1. The van der Waals surface area contributed by atoms with Gasteiger partial charge in [-0.15, -0.1) is 0 Å². The van der Waals surface area contributed by atoms with E-state index in [4.69, 9.17) is 0 Å². The van der Waals surface area contributed by atoms with Gasteiger partial charge in [0.05, 0.1) is 7.11 Å². The molecule has 23 heavy (non-hydrogen) atoms. The van der Waals surface area contributed by atoms with Gasteiger partial charge >= 0.3 is 5.97 Å². The number of carbonyl (C=O) groups is 1. The van der Waals surface area contributed by atoms with Gasteiger partial charge in [-0.3, -0.25) is 9.79 Å². The Morgan fingerprint density at radius 2 is 2.04 bits per heavy atom. The summed E-state index contributed by atoms with van der Waals surface area (Å²) in [5.41, 5.74) is 0. The van der Waals surface area contributed by atoms with E-state index >= 15 is 0 Å². The quantitative estimate of drug-likeness (QED) is 0.306. The molecule has 1 saturated heterocycles. The van der Waals surface area contributed by atoms with E-state index in [0.29, 0.717) is 6.42 Å². The fourth-order valence-corrected chi connectivity index (χ4v) is 3.53. The van der Waals surface area contributed by atoms with E-state index in [-0.39, 0.29) is 5.97 Å². The highest BCUT2D eigenvalue weighted by atomic mass is 16.5.